The Labute approximate surface area is 230 Å². The van der Waals surface area contributed by atoms with Crippen molar-refractivity contribution in [1.82, 2.24) is 4.98 Å². The number of ether oxygens (including phenoxy) is 3. The van der Waals surface area contributed by atoms with Crippen molar-refractivity contribution in [2.75, 3.05) is 44.9 Å². The number of methoxy groups -OCH3 is 1. The van der Waals surface area contributed by atoms with E-state index in [1.54, 1.807) is 20.2 Å². The Bertz CT molecular complexity index is 1150. The number of carboxylic acids is 1. The van der Waals surface area contributed by atoms with E-state index in [0.29, 0.717) is 37.5 Å². The van der Waals surface area contributed by atoms with E-state index < -0.39 is 11.9 Å². The minimum Gasteiger partial charge on any atom is -0.497 e. The number of piperidine rings is 1. The quantitative estimate of drug-likeness (QED) is 0.391. The maximum Gasteiger partial charge on any atom is 0.306 e. The molecule has 8 heteroatoms. The van der Waals surface area contributed by atoms with Crippen LogP contribution in [0.4, 0.5) is 5.69 Å². The lowest BCUT2D eigenvalue weighted by atomic mass is 9.84. The summed E-state index contributed by atoms with van der Waals surface area (Å²) in [7, 11) is 1.65. The number of aromatic nitrogens is 1. The lowest BCUT2D eigenvalue weighted by molar-refractivity contribution is -0.142. The van der Waals surface area contributed by atoms with Crippen LogP contribution in [0.15, 0.2) is 36.5 Å². The Morgan fingerprint density at radius 3 is 2.49 bits per heavy atom. The second kappa shape index (κ2) is 12.4. The number of nitrogens with zero attached hydrogens (tertiary/aromatic N) is 2. The standard InChI is InChI=1S/C31H40N2O6/c1-20(31(35)36)29(22-3-4-22)24-7-12-32-28(17-24)39-19-21-8-13-33(14-9-21)27-18-25(37-2)5-6-26(27)30(34)23-10-15-38-16-11-23/h5-7,12,17-18,20-23,29H,3-4,8-11,13-16,19H2,1-2H3,(H,35,36)/t20-,29-/m0/s1. The minimum absolute atomic E-state index is 0.00278. The van der Waals surface area contributed by atoms with E-state index in [0.717, 1.165) is 74.2 Å². The van der Waals surface area contributed by atoms with Crippen LogP contribution < -0.4 is 14.4 Å². The Morgan fingerprint density at radius 1 is 1.08 bits per heavy atom. The summed E-state index contributed by atoms with van der Waals surface area (Å²) >= 11 is 0. The third-order valence-electron chi connectivity index (χ3n) is 8.69. The van der Waals surface area contributed by atoms with Crippen molar-refractivity contribution in [3.8, 4) is 11.6 Å². The molecule has 2 saturated heterocycles. The first-order chi connectivity index (χ1) is 18.9. The van der Waals surface area contributed by atoms with E-state index >= 15 is 0 Å². The number of carbonyl (C=O) groups is 2. The summed E-state index contributed by atoms with van der Waals surface area (Å²) in [6.07, 6.45) is 7.33. The predicted octanol–water partition coefficient (Wildman–Crippen LogP) is 5.21. The molecule has 1 N–H and O–H groups in total. The lowest BCUT2D eigenvalue weighted by Gasteiger charge is -2.35. The Hall–Kier alpha value is -3.13. The van der Waals surface area contributed by atoms with Crippen LogP contribution >= 0.6 is 0 Å². The number of ketones is 1. The van der Waals surface area contributed by atoms with Gasteiger partial charge in [0.05, 0.1) is 25.3 Å². The van der Waals surface area contributed by atoms with Gasteiger partial charge >= 0.3 is 5.97 Å². The minimum atomic E-state index is -0.758. The molecular weight excluding hydrogens is 496 g/mol. The summed E-state index contributed by atoms with van der Waals surface area (Å²) in [5, 5.41) is 9.60. The third-order valence-corrected chi connectivity index (χ3v) is 8.69. The summed E-state index contributed by atoms with van der Waals surface area (Å²) in [6.45, 7) is 5.32. The van der Waals surface area contributed by atoms with Crippen LogP contribution in [0.2, 0.25) is 0 Å². The molecule has 5 rings (SSSR count). The van der Waals surface area contributed by atoms with Crippen LogP contribution in [0.1, 0.15) is 67.3 Å². The van der Waals surface area contributed by atoms with Gasteiger partial charge in [0.1, 0.15) is 5.75 Å². The number of rotatable bonds is 11. The van der Waals surface area contributed by atoms with Gasteiger partial charge in [0.2, 0.25) is 5.88 Å². The highest BCUT2D eigenvalue weighted by Crippen LogP contribution is 2.47. The largest absolute Gasteiger partial charge is 0.497 e. The summed E-state index contributed by atoms with van der Waals surface area (Å²) in [4.78, 5) is 31.8. The van der Waals surface area contributed by atoms with Crippen LogP contribution in [-0.4, -0.2) is 61.9 Å². The fourth-order valence-electron chi connectivity index (χ4n) is 6.12. The molecule has 1 aliphatic carbocycles. The molecule has 0 spiro atoms. The maximum atomic E-state index is 13.4. The molecule has 1 aromatic heterocycles. The molecule has 2 atom stereocenters. The molecule has 1 aromatic carbocycles. The number of carboxylic acid groups (broad SMARTS) is 1. The smallest absolute Gasteiger partial charge is 0.306 e. The number of Topliss-reactive ketones (excluding diaryl/α,β-unsaturated/α-hetero) is 1. The number of benzene rings is 1. The molecule has 0 radical (unpaired) electrons. The normalized spacial score (nSPS) is 20.3. The zero-order chi connectivity index (χ0) is 27.4. The van der Waals surface area contributed by atoms with E-state index in [9.17, 15) is 14.7 Å². The molecular formula is C31H40N2O6. The van der Waals surface area contributed by atoms with Crippen LogP contribution in [0, 0.1) is 23.7 Å². The van der Waals surface area contributed by atoms with Gasteiger partial charge in [0.25, 0.3) is 0 Å². The third kappa shape index (κ3) is 6.55. The first kappa shape index (κ1) is 27.4. The zero-order valence-electron chi connectivity index (χ0n) is 23.0. The van der Waals surface area contributed by atoms with Crippen molar-refractivity contribution in [1.29, 1.82) is 0 Å². The highest BCUT2D eigenvalue weighted by atomic mass is 16.5. The molecule has 0 unspecified atom stereocenters. The molecule has 8 nitrogen and oxygen atoms in total. The van der Waals surface area contributed by atoms with Crippen molar-refractivity contribution in [3.05, 3.63) is 47.7 Å². The summed E-state index contributed by atoms with van der Waals surface area (Å²) < 4.78 is 17.1. The van der Waals surface area contributed by atoms with Gasteiger partial charge in [0, 0.05) is 56.1 Å². The highest BCUT2D eigenvalue weighted by molar-refractivity contribution is 6.03. The van der Waals surface area contributed by atoms with Gasteiger partial charge in [0.15, 0.2) is 5.78 Å². The molecule has 2 aliphatic heterocycles. The van der Waals surface area contributed by atoms with Crippen LogP contribution in [0.3, 0.4) is 0 Å². The van der Waals surface area contributed by atoms with Gasteiger partial charge in [-0.2, -0.15) is 0 Å². The van der Waals surface area contributed by atoms with Gasteiger partial charge in [-0.15, -0.1) is 0 Å². The number of carbonyl (C=O) groups excluding carboxylic acids is 1. The van der Waals surface area contributed by atoms with Crippen LogP contribution in [0.5, 0.6) is 11.6 Å². The fraction of sp³-hybridized carbons (Fsp3) is 0.581. The van der Waals surface area contributed by atoms with Crippen molar-refractivity contribution in [3.63, 3.8) is 0 Å². The van der Waals surface area contributed by atoms with E-state index in [1.165, 1.54) is 0 Å². The summed E-state index contributed by atoms with van der Waals surface area (Å²) in [5.74, 6) is 1.15. The van der Waals surface area contributed by atoms with E-state index in [4.69, 9.17) is 14.2 Å². The fourth-order valence-corrected chi connectivity index (χ4v) is 6.12. The molecule has 2 aromatic rings. The highest BCUT2D eigenvalue weighted by Gasteiger charge is 2.39. The molecule has 0 bridgehead atoms. The second-order valence-corrected chi connectivity index (χ2v) is 11.3. The van der Waals surface area contributed by atoms with Crippen LogP contribution in [-0.2, 0) is 9.53 Å². The molecule has 3 fully saturated rings. The molecule has 3 aliphatic rings. The van der Waals surface area contributed by atoms with Gasteiger partial charge in [-0.1, -0.05) is 6.92 Å². The summed E-state index contributed by atoms with van der Waals surface area (Å²) in [5.41, 5.74) is 2.74. The first-order valence-electron chi connectivity index (χ1n) is 14.3. The zero-order valence-corrected chi connectivity index (χ0v) is 23.0. The molecule has 210 valence electrons. The van der Waals surface area contributed by atoms with Gasteiger partial charge < -0.3 is 24.2 Å². The van der Waals surface area contributed by atoms with E-state index in [1.807, 2.05) is 30.3 Å². The SMILES string of the molecule is COc1ccc(C(=O)C2CCOCC2)c(N2CCC(COc3cc([C@H](C4CC4)[C@H](C)C(=O)O)ccn3)CC2)c1. The van der Waals surface area contributed by atoms with Gasteiger partial charge in [-0.3, -0.25) is 9.59 Å². The van der Waals surface area contributed by atoms with Gasteiger partial charge in [-0.25, -0.2) is 4.98 Å². The number of pyridine rings is 1. The number of anilines is 1. The number of aliphatic carboxylic acids is 1. The number of hydrogen-bond acceptors (Lipinski definition) is 7. The van der Waals surface area contributed by atoms with Gasteiger partial charge in [-0.05, 0) is 80.0 Å². The Balaban J connectivity index is 1.20. The van der Waals surface area contributed by atoms with Crippen molar-refractivity contribution >= 4 is 17.4 Å². The average molecular weight is 537 g/mol. The summed E-state index contributed by atoms with van der Waals surface area (Å²) in [6, 6.07) is 9.65. The maximum absolute atomic E-state index is 13.4. The molecule has 0 amide bonds. The lowest BCUT2D eigenvalue weighted by Crippen LogP contribution is -2.37. The monoisotopic (exact) mass is 536 g/mol. The molecule has 1 saturated carbocycles. The first-order valence-corrected chi connectivity index (χ1v) is 14.3. The topological polar surface area (TPSA) is 98.2 Å². The molecule has 39 heavy (non-hydrogen) atoms. The Morgan fingerprint density at radius 2 is 1.82 bits per heavy atom. The van der Waals surface area contributed by atoms with Crippen molar-refractivity contribution in [2.45, 2.75) is 51.4 Å². The Kier molecular flexibility index (Phi) is 8.70. The van der Waals surface area contributed by atoms with E-state index in [2.05, 4.69) is 9.88 Å². The van der Waals surface area contributed by atoms with Crippen molar-refractivity contribution in [2.24, 2.45) is 23.7 Å². The molecule has 3 heterocycles. The van der Waals surface area contributed by atoms with Crippen LogP contribution in [0.25, 0.3) is 0 Å². The predicted molar refractivity (Wildman–Crippen MR) is 148 cm³/mol. The number of hydrogen-bond donors (Lipinski definition) is 1. The van der Waals surface area contributed by atoms with Crippen molar-refractivity contribution < 1.29 is 28.9 Å². The van der Waals surface area contributed by atoms with E-state index in [-0.39, 0.29) is 17.6 Å². The second-order valence-electron chi connectivity index (χ2n) is 11.3. The average Bonchev–Trinajstić information content (AvgIpc) is 3.81.